The molecule has 0 aliphatic heterocycles. The van der Waals surface area contributed by atoms with Crippen LogP contribution in [-0.4, -0.2) is 13.1 Å². The molecule has 4 heteroatoms. The summed E-state index contributed by atoms with van der Waals surface area (Å²) >= 11 is 0. The van der Waals surface area contributed by atoms with Crippen molar-refractivity contribution in [2.45, 2.75) is 70.8 Å². The van der Waals surface area contributed by atoms with Crippen LogP contribution in [0.2, 0.25) is 0 Å². The molecule has 2 nitrogen and oxygen atoms in total. The Hall–Kier alpha value is -1.78. The van der Waals surface area contributed by atoms with E-state index >= 15 is 0 Å². The van der Waals surface area contributed by atoms with Crippen LogP contribution in [0.25, 0.3) is 0 Å². The van der Waals surface area contributed by atoms with Crippen LogP contribution in [-0.2, 0) is 5.54 Å². The van der Waals surface area contributed by atoms with Crippen molar-refractivity contribution < 1.29 is 8.78 Å². The van der Waals surface area contributed by atoms with E-state index in [2.05, 4.69) is 43.4 Å². The van der Waals surface area contributed by atoms with Gasteiger partial charge < -0.3 is 11.1 Å². The molecule has 1 saturated carbocycles. The van der Waals surface area contributed by atoms with E-state index in [1.54, 1.807) is 6.92 Å². The van der Waals surface area contributed by atoms with E-state index in [4.69, 9.17) is 5.73 Å². The van der Waals surface area contributed by atoms with Gasteiger partial charge in [-0.15, -0.1) is 0 Å². The van der Waals surface area contributed by atoms with E-state index in [-0.39, 0.29) is 5.54 Å². The van der Waals surface area contributed by atoms with Crippen molar-refractivity contribution in [2.75, 3.05) is 13.1 Å². The number of nitrogens with one attached hydrogen (secondary N) is 1. The molecule has 0 heterocycles. The van der Waals surface area contributed by atoms with Gasteiger partial charge in [-0.3, -0.25) is 0 Å². The fourth-order valence-corrected chi connectivity index (χ4v) is 4.04. The maximum atomic E-state index is 12.2. The Morgan fingerprint density at radius 1 is 1.00 bits per heavy atom. The molecule has 2 aromatic carbocycles. The molecule has 1 aliphatic carbocycles. The molecule has 3 rings (SSSR count). The third-order valence-corrected chi connectivity index (χ3v) is 5.66. The highest BCUT2D eigenvalue weighted by molar-refractivity contribution is 5.32. The van der Waals surface area contributed by atoms with Crippen LogP contribution in [0, 0.1) is 18.6 Å². The van der Waals surface area contributed by atoms with Crippen LogP contribution < -0.4 is 11.1 Å². The standard InChI is InChI=1S/C18H30N2.C7H6F2/c1-15(2)16-8-6-9-17(14-16)18(20-13-7-12-19)10-4-3-5-11-18;1-5-2-6(8)4-7(9)3-5/h6,8-9,14-15,20H,3-5,7,10-13,19H2,1-2H3;2-4H,1H3. The fourth-order valence-electron chi connectivity index (χ4n) is 4.04. The SMILES string of the molecule is CC(C)c1cccc(C2(NCCCN)CCCCC2)c1.Cc1cc(F)cc(F)c1. The van der Waals surface area contributed by atoms with Gasteiger partial charge in [0.15, 0.2) is 0 Å². The highest BCUT2D eigenvalue weighted by Gasteiger charge is 2.33. The van der Waals surface area contributed by atoms with Crippen LogP contribution in [0.1, 0.15) is 75.0 Å². The predicted octanol–water partition coefficient (Wildman–Crippen LogP) is 6.18. The quantitative estimate of drug-likeness (QED) is 0.566. The first-order chi connectivity index (χ1) is 13.9. The molecule has 1 aliphatic rings. The Labute approximate surface area is 174 Å². The number of hydrogen-bond acceptors (Lipinski definition) is 2. The Balaban J connectivity index is 0.000000278. The van der Waals surface area contributed by atoms with E-state index in [1.165, 1.54) is 55.4 Å². The van der Waals surface area contributed by atoms with E-state index in [9.17, 15) is 8.78 Å². The Kier molecular flexibility index (Phi) is 9.25. The first kappa shape index (κ1) is 23.5. The second-order valence-electron chi connectivity index (χ2n) is 8.44. The van der Waals surface area contributed by atoms with Gasteiger partial charge in [0.25, 0.3) is 0 Å². The minimum absolute atomic E-state index is 0.193. The molecule has 0 amide bonds. The third kappa shape index (κ3) is 7.20. The van der Waals surface area contributed by atoms with E-state index in [1.807, 2.05) is 0 Å². The van der Waals surface area contributed by atoms with Gasteiger partial charge in [0.05, 0.1) is 0 Å². The molecule has 2 aromatic rings. The lowest BCUT2D eigenvalue weighted by Gasteiger charge is -2.39. The summed E-state index contributed by atoms with van der Waals surface area (Å²) in [7, 11) is 0. The smallest absolute Gasteiger partial charge is 0.126 e. The fraction of sp³-hybridized carbons (Fsp3) is 0.520. The van der Waals surface area contributed by atoms with Gasteiger partial charge in [-0.25, -0.2) is 8.78 Å². The third-order valence-electron chi connectivity index (χ3n) is 5.66. The number of halogens is 2. The maximum absolute atomic E-state index is 12.2. The summed E-state index contributed by atoms with van der Waals surface area (Å²) in [6.07, 6.45) is 7.64. The molecule has 160 valence electrons. The number of aryl methyl sites for hydroxylation is 1. The molecule has 0 aromatic heterocycles. The number of nitrogens with two attached hydrogens (primary N) is 1. The predicted molar refractivity (Wildman–Crippen MR) is 118 cm³/mol. The van der Waals surface area contributed by atoms with Crippen LogP contribution in [0.15, 0.2) is 42.5 Å². The topological polar surface area (TPSA) is 38.0 Å². The number of hydrogen-bond donors (Lipinski definition) is 2. The van der Waals surface area contributed by atoms with Crippen molar-refractivity contribution in [3.8, 4) is 0 Å². The molecule has 0 radical (unpaired) electrons. The molecule has 0 atom stereocenters. The summed E-state index contributed by atoms with van der Waals surface area (Å²) in [5.41, 5.74) is 9.39. The lowest BCUT2D eigenvalue weighted by atomic mass is 9.75. The largest absolute Gasteiger partial charge is 0.330 e. The molecule has 0 bridgehead atoms. The summed E-state index contributed by atoms with van der Waals surface area (Å²) in [4.78, 5) is 0. The van der Waals surface area contributed by atoms with Gasteiger partial charge in [-0.05, 0) is 74.0 Å². The molecule has 0 saturated heterocycles. The van der Waals surface area contributed by atoms with Gasteiger partial charge in [0.2, 0.25) is 0 Å². The van der Waals surface area contributed by atoms with Gasteiger partial charge in [0, 0.05) is 11.6 Å². The van der Waals surface area contributed by atoms with Crippen molar-refractivity contribution in [3.63, 3.8) is 0 Å². The first-order valence-electron chi connectivity index (χ1n) is 10.8. The molecule has 29 heavy (non-hydrogen) atoms. The van der Waals surface area contributed by atoms with Crippen LogP contribution >= 0.6 is 0 Å². The van der Waals surface area contributed by atoms with Crippen LogP contribution in [0.3, 0.4) is 0 Å². The maximum Gasteiger partial charge on any atom is 0.126 e. The molecular weight excluding hydrogens is 366 g/mol. The zero-order chi connectivity index (χ0) is 21.3. The van der Waals surface area contributed by atoms with Crippen molar-refractivity contribution in [1.82, 2.24) is 5.32 Å². The van der Waals surface area contributed by atoms with Gasteiger partial charge in [-0.2, -0.15) is 0 Å². The van der Waals surface area contributed by atoms with E-state index in [0.717, 1.165) is 25.6 Å². The van der Waals surface area contributed by atoms with E-state index < -0.39 is 11.6 Å². The van der Waals surface area contributed by atoms with Crippen LogP contribution in [0.4, 0.5) is 8.78 Å². The Morgan fingerprint density at radius 2 is 1.66 bits per heavy atom. The summed E-state index contributed by atoms with van der Waals surface area (Å²) in [5.74, 6) is -0.445. The van der Waals surface area contributed by atoms with E-state index in [0.29, 0.717) is 11.5 Å². The lowest BCUT2D eigenvalue weighted by Crippen LogP contribution is -2.44. The summed E-state index contributed by atoms with van der Waals surface area (Å²) < 4.78 is 24.4. The highest BCUT2D eigenvalue weighted by Crippen LogP contribution is 2.38. The average Bonchev–Trinajstić information content (AvgIpc) is 2.68. The minimum atomic E-state index is -0.521. The second kappa shape index (κ2) is 11.4. The zero-order valence-corrected chi connectivity index (χ0v) is 18.1. The molecule has 0 spiro atoms. The Morgan fingerprint density at radius 3 is 2.21 bits per heavy atom. The van der Waals surface area contributed by atoms with Crippen molar-refractivity contribution >= 4 is 0 Å². The average molecular weight is 403 g/mol. The Bertz CT molecular complexity index is 702. The van der Waals surface area contributed by atoms with Gasteiger partial charge in [-0.1, -0.05) is 57.4 Å². The number of benzene rings is 2. The highest BCUT2D eigenvalue weighted by atomic mass is 19.1. The normalized spacial score (nSPS) is 15.7. The molecular formula is C25H36F2N2. The lowest BCUT2D eigenvalue weighted by molar-refractivity contribution is 0.233. The van der Waals surface area contributed by atoms with Crippen molar-refractivity contribution in [3.05, 3.63) is 70.8 Å². The summed E-state index contributed by atoms with van der Waals surface area (Å²) in [6.45, 7) is 7.99. The molecule has 1 fully saturated rings. The monoisotopic (exact) mass is 402 g/mol. The second-order valence-corrected chi connectivity index (χ2v) is 8.44. The van der Waals surface area contributed by atoms with Gasteiger partial charge in [0.1, 0.15) is 11.6 Å². The van der Waals surface area contributed by atoms with Crippen molar-refractivity contribution in [1.29, 1.82) is 0 Å². The summed E-state index contributed by atoms with van der Waals surface area (Å²) in [5, 5.41) is 3.84. The van der Waals surface area contributed by atoms with Crippen LogP contribution in [0.5, 0.6) is 0 Å². The van der Waals surface area contributed by atoms with Gasteiger partial charge >= 0.3 is 0 Å². The van der Waals surface area contributed by atoms with Crippen molar-refractivity contribution in [2.24, 2.45) is 5.73 Å². The zero-order valence-electron chi connectivity index (χ0n) is 18.1. The molecule has 0 unspecified atom stereocenters. The summed E-state index contributed by atoms with van der Waals surface area (Å²) in [6, 6.07) is 12.6. The minimum Gasteiger partial charge on any atom is -0.330 e. The number of rotatable bonds is 6. The first-order valence-corrected chi connectivity index (χ1v) is 10.8. The molecule has 3 N–H and O–H groups in total.